The Bertz CT molecular complexity index is 884. The summed E-state index contributed by atoms with van der Waals surface area (Å²) in [5.41, 5.74) is 10.5. The lowest BCUT2D eigenvalue weighted by molar-refractivity contribution is 0.894. The third kappa shape index (κ3) is 3.49. The van der Waals surface area contributed by atoms with Crippen LogP contribution in [0.2, 0.25) is 0 Å². The van der Waals surface area contributed by atoms with Gasteiger partial charge in [-0.3, -0.25) is 0 Å². The van der Waals surface area contributed by atoms with E-state index in [2.05, 4.69) is 103 Å². The van der Waals surface area contributed by atoms with Crippen LogP contribution in [-0.4, -0.2) is 0 Å². The molecule has 0 aromatic heterocycles. The van der Waals surface area contributed by atoms with Gasteiger partial charge in [-0.15, -0.1) is 11.8 Å². The number of thioether (sulfide) groups is 1. The molecule has 0 unspecified atom stereocenters. The Balaban J connectivity index is 1.98. The number of rotatable bonds is 5. The summed E-state index contributed by atoms with van der Waals surface area (Å²) in [7, 11) is 0. The largest absolute Gasteiger partial charge is 0.399 e. The Morgan fingerprint density at radius 3 is 1.22 bits per heavy atom. The number of anilines is 1. The molecular weight excluding hydrogens is 346 g/mol. The fourth-order valence-corrected chi connectivity index (χ4v) is 4.80. The zero-order chi connectivity index (χ0) is 18.5. The van der Waals surface area contributed by atoms with E-state index in [-0.39, 0.29) is 4.75 Å². The van der Waals surface area contributed by atoms with Crippen LogP contribution in [0.15, 0.2) is 120 Å². The maximum absolute atomic E-state index is 5.91. The quantitative estimate of drug-likeness (QED) is 0.252. The molecule has 0 fully saturated rings. The molecular formula is C25H21NS. The van der Waals surface area contributed by atoms with E-state index < -0.39 is 0 Å². The molecule has 4 aromatic rings. The Morgan fingerprint density at radius 1 is 0.481 bits per heavy atom. The van der Waals surface area contributed by atoms with Gasteiger partial charge >= 0.3 is 0 Å². The summed E-state index contributed by atoms with van der Waals surface area (Å²) < 4.78 is -0.347. The number of nitrogens with two attached hydrogens (primary N) is 1. The van der Waals surface area contributed by atoms with Gasteiger partial charge in [0.2, 0.25) is 0 Å². The van der Waals surface area contributed by atoms with Gasteiger partial charge in [-0.1, -0.05) is 91.0 Å². The number of benzene rings is 4. The maximum atomic E-state index is 5.91. The van der Waals surface area contributed by atoms with Crippen molar-refractivity contribution in [2.75, 3.05) is 5.73 Å². The molecule has 0 saturated heterocycles. The second-order valence-corrected chi connectivity index (χ2v) is 7.74. The molecule has 0 atom stereocenters. The Kier molecular flexibility index (Phi) is 4.99. The molecule has 0 amide bonds. The molecule has 2 N–H and O–H groups in total. The van der Waals surface area contributed by atoms with Gasteiger partial charge in [-0.05, 0) is 41.0 Å². The molecule has 0 aliphatic heterocycles. The van der Waals surface area contributed by atoms with Crippen molar-refractivity contribution >= 4 is 17.4 Å². The highest BCUT2D eigenvalue weighted by Crippen LogP contribution is 2.51. The summed E-state index contributed by atoms with van der Waals surface area (Å²) in [6, 6.07) is 40.3. The molecule has 0 bridgehead atoms. The van der Waals surface area contributed by atoms with Crippen molar-refractivity contribution in [2.24, 2.45) is 0 Å². The summed E-state index contributed by atoms with van der Waals surface area (Å²) in [5.74, 6) is 0. The minimum atomic E-state index is -0.347. The van der Waals surface area contributed by atoms with Gasteiger partial charge < -0.3 is 5.73 Å². The number of nitrogen functional groups attached to an aromatic ring is 1. The molecule has 0 spiro atoms. The van der Waals surface area contributed by atoms with E-state index in [1.54, 1.807) is 0 Å². The lowest BCUT2D eigenvalue weighted by atomic mass is 9.84. The molecule has 0 radical (unpaired) electrons. The fourth-order valence-electron chi connectivity index (χ4n) is 3.41. The minimum Gasteiger partial charge on any atom is -0.399 e. The van der Waals surface area contributed by atoms with Gasteiger partial charge in [0.25, 0.3) is 0 Å². The summed E-state index contributed by atoms with van der Waals surface area (Å²) in [4.78, 5) is 1.18. The topological polar surface area (TPSA) is 26.0 Å². The van der Waals surface area contributed by atoms with Crippen LogP contribution in [0.5, 0.6) is 0 Å². The smallest absolute Gasteiger partial charge is 0.0954 e. The van der Waals surface area contributed by atoms with E-state index in [0.29, 0.717) is 0 Å². The molecule has 0 aliphatic rings. The maximum Gasteiger partial charge on any atom is 0.0954 e. The Morgan fingerprint density at radius 2 is 0.852 bits per heavy atom. The van der Waals surface area contributed by atoms with Gasteiger partial charge in [0, 0.05) is 10.6 Å². The third-order valence-electron chi connectivity index (χ3n) is 4.69. The molecule has 27 heavy (non-hydrogen) atoms. The van der Waals surface area contributed by atoms with Gasteiger partial charge in [0.05, 0.1) is 4.75 Å². The Labute approximate surface area is 164 Å². The fraction of sp³-hybridized carbons (Fsp3) is 0.0400. The van der Waals surface area contributed by atoms with E-state index in [4.69, 9.17) is 5.73 Å². The predicted octanol–water partition coefficient (Wildman–Crippen LogP) is 6.35. The van der Waals surface area contributed by atoms with Crippen LogP contribution in [0, 0.1) is 0 Å². The normalized spacial score (nSPS) is 11.3. The van der Waals surface area contributed by atoms with Gasteiger partial charge in [0.1, 0.15) is 0 Å². The van der Waals surface area contributed by atoms with Crippen LogP contribution in [-0.2, 0) is 4.75 Å². The first kappa shape index (κ1) is 17.4. The number of hydrogen-bond acceptors (Lipinski definition) is 2. The average Bonchev–Trinajstić information content (AvgIpc) is 2.75. The highest BCUT2D eigenvalue weighted by atomic mass is 32.2. The van der Waals surface area contributed by atoms with Crippen LogP contribution in [0.3, 0.4) is 0 Å². The summed E-state index contributed by atoms with van der Waals surface area (Å²) in [5, 5.41) is 0. The van der Waals surface area contributed by atoms with Crippen molar-refractivity contribution in [1.82, 2.24) is 0 Å². The lowest BCUT2D eigenvalue weighted by Gasteiger charge is -2.35. The van der Waals surface area contributed by atoms with E-state index in [9.17, 15) is 0 Å². The predicted molar refractivity (Wildman–Crippen MR) is 116 cm³/mol. The van der Waals surface area contributed by atoms with Crippen LogP contribution >= 0.6 is 11.8 Å². The zero-order valence-corrected chi connectivity index (χ0v) is 15.8. The molecule has 2 heteroatoms. The third-order valence-corrected chi connectivity index (χ3v) is 6.21. The van der Waals surface area contributed by atoms with Crippen LogP contribution in [0.4, 0.5) is 5.69 Å². The molecule has 4 rings (SSSR count). The summed E-state index contributed by atoms with van der Waals surface area (Å²) in [6.45, 7) is 0. The summed E-state index contributed by atoms with van der Waals surface area (Å²) >= 11 is 1.85. The van der Waals surface area contributed by atoms with Crippen molar-refractivity contribution in [2.45, 2.75) is 9.64 Å². The van der Waals surface area contributed by atoms with Crippen LogP contribution in [0.1, 0.15) is 16.7 Å². The van der Waals surface area contributed by atoms with Crippen LogP contribution < -0.4 is 5.73 Å². The second kappa shape index (κ2) is 7.73. The first-order valence-electron chi connectivity index (χ1n) is 9.00. The minimum absolute atomic E-state index is 0.347. The molecule has 4 aromatic carbocycles. The highest BCUT2D eigenvalue weighted by Gasteiger charge is 2.37. The van der Waals surface area contributed by atoms with Gasteiger partial charge in [-0.25, -0.2) is 0 Å². The Hall–Kier alpha value is -2.97. The standard InChI is InChI=1S/C25H21NS/c26-23-16-18-24(19-17-23)27-25(20-10-4-1-5-11-20,21-12-6-2-7-13-21)22-14-8-3-9-15-22/h1-19H,26H2. The van der Waals surface area contributed by atoms with Gasteiger partial charge in [-0.2, -0.15) is 0 Å². The monoisotopic (exact) mass is 367 g/mol. The van der Waals surface area contributed by atoms with Crippen molar-refractivity contribution in [3.63, 3.8) is 0 Å². The van der Waals surface area contributed by atoms with Crippen LogP contribution in [0.25, 0.3) is 0 Å². The van der Waals surface area contributed by atoms with Crippen molar-refractivity contribution in [3.8, 4) is 0 Å². The molecule has 0 aliphatic carbocycles. The van der Waals surface area contributed by atoms with Crippen molar-refractivity contribution < 1.29 is 0 Å². The number of hydrogen-bond donors (Lipinski definition) is 1. The van der Waals surface area contributed by atoms with Crippen molar-refractivity contribution in [1.29, 1.82) is 0 Å². The van der Waals surface area contributed by atoms with E-state index >= 15 is 0 Å². The highest BCUT2D eigenvalue weighted by molar-refractivity contribution is 8.00. The molecule has 1 nitrogen and oxygen atoms in total. The zero-order valence-electron chi connectivity index (χ0n) is 15.0. The SMILES string of the molecule is Nc1ccc(SC(c2ccccc2)(c2ccccc2)c2ccccc2)cc1. The van der Waals surface area contributed by atoms with E-state index in [1.807, 2.05) is 23.9 Å². The first-order chi connectivity index (χ1) is 13.3. The molecule has 132 valence electrons. The lowest BCUT2D eigenvalue weighted by Crippen LogP contribution is -2.25. The first-order valence-corrected chi connectivity index (χ1v) is 9.82. The van der Waals surface area contributed by atoms with Gasteiger partial charge in [0.15, 0.2) is 0 Å². The average molecular weight is 368 g/mol. The van der Waals surface area contributed by atoms with Crippen molar-refractivity contribution in [3.05, 3.63) is 132 Å². The molecule has 0 saturated carbocycles. The van der Waals surface area contributed by atoms with E-state index in [0.717, 1.165) is 5.69 Å². The summed E-state index contributed by atoms with van der Waals surface area (Å²) in [6.07, 6.45) is 0. The second-order valence-electron chi connectivity index (χ2n) is 6.45. The van der Waals surface area contributed by atoms with E-state index in [1.165, 1.54) is 21.6 Å². The molecule has 0 heterocycles.